The first-order valence-electron chi connectivity index (χ1n) is 8.60. The van der Waals surface area contributed by atoms with Crippen molar-refractivity contribution in [1.29, 1.82) is 0 Å². The van der Waals surface area contributed by atoms with Crippen LogP contribution in [0.1, 0.15) is 29.6 Å². The summed E-state index contributed by atoms with van der Waals surface area (Å²) < 4.78 is 32.6. The van der Waals surface area contributed by atoms with Gasteiger partial charge in [0.1, 0.15) is 0 Å². The van der Waals surface area contributed by atoms with E-state index in [1.54, 1.807) is 0 Å². The van der Waals surface area contributed by atoms with Gasteiger partial charge >= 0.3 is 5.97 Å². The second-order valence-corrected chi connectivity index (χ2v) is 8.35. The molecule has 2 fully saturated rings. The molecule has 8 nitrogen and oxygen atoms in total. The van der Waals surface area contributed by atoms with Crippen LogP contribution in [0, 0.1) is 5.92 Å². The minimum absolute atomic E-state index is 0.0804. The predicted molar refractivity (Wildman–Crippen MR) is 92.3 cm³/mol. The molecule has 2 aliphatic rings. The molecule has 0 aliphatic carbocycles. The minimum Gasteiger partial charge on any atom is -0.481 e. The molecular formula is C17H22N2O6S. The molecule has 1 amide bonds. The zero-order valence-electron chi connectivity index (χ0n) is 14.3. The number of hydrogen-bond donors (Lipinski definition) is 2. The van der Waals surface area contributed by atoms with Crippen LogP contribution < -0.4 is 4.72 Å². The van der Waals surface area contributed by atoms with Gasteiger partial charge in [-0.25, -0.2) is 13.1 Å². The van der Waals surface area contributed by atoms with Crippen LogP contribution in [0.25, 0.3) is 0 Å². The van der Waals surface area contributed by atoms with Crippen LogP contribution in [-0.2, 0) is 19.6 Å². The minimum atomic E-state index is -3.66. The fraction of sp³-hybridized carbons (Fsp3) is 0.529. The number of ether oxygens (including phenoxy) is 1. The van der Waals surface area contributed by atoms with Crippen molar-refractivity contribution in [2.24, 2.45) is 5.92 Å². The molecule has 1 aromatic carbocycles. The number of nitrogens with one attached hydrogen (secondary N) is 1. The maximum atomic E-state index is 12.4. The summed E-state index contributed by atoms with van der Waals surface area (Å²) in [7, 11) is -3.66. The Bertz CT molecular complexity index is 771. The average Bonchev–Trinajstić information content (AvgIpc) is 3.31. The lowest BCUT2D eigenvalue weighted by molar-refractivity contribution is -0.141. The van der Waals surface area contributed by atoms with E-state index in [1.807, 2.05) is 0 Å². The Morgan fingerprint density at radius 2 is 1.96 bits per heavy atom. The van der Waals surface area contributed by atoms with E-state index in [-0.39, 0.29) is 30.0 Å². The number of likely N-dealkylation sites (tertiary alicyclic amines) is 1. The Balaban J connectivity index is 1.62. The normalized spacial score (nSPS) is 23.3. The van der Waals surface area contributed by atoms with Gasteiger partial charge in [-0.2, -0.15) is 0 Å². The van der Waals surface area contributed by atoms with Crippen molar-refractivity contribution in [3.63, 3.8) is 0 Å². The van der Waals surface area contributed by atoms with Crippen LogP contribution in [0.2, 0.25) is 0 Å². The number of rotatable bonds is 6. The molecule has 9 heteroatoms. The number of nitrogens with zero attached hydrogens (tertiary/aromatic N) is 1. The van der Waals surface area contributed by atoms with Crippen molar-refractivity contribution < 1.29 is 27.9 Å². The summed E-state index contributed by atoms with van der Waals surface area (Å²) in [5.74, 6) is -1.73. The summed E-state index contributed by atoms with van der Waals surface area (Å²) in [6.07, 6.45) is 2.11. The van der Waals surface area contributed by atoms with Gasteiger partial charge in [-0.3, -0.25) is 9.59 Å². The number of sulfonamides is 1. The highest BCUT2D eigenvalue weighted by molar-refractivity contribution is 7.89. The quantitative estimate of drug-likeness (QED) is 0.748. The van der Waals surface area contributed by atoms with Crippen LogP contribution >= 0.6 is 0 Å². The number of carboxylic acid groups (broad SMARTS) is 1. The molecule has 0 aromatic heterocycles. The number of carboxylic acids is 1. The standard InChI is InChI=1S/C17H22N2O6S/c20-16(19-8-7-13(11-19)17(21)22)12-3-5-15(6-4-12)26(23,24)18-10-14-2-1-9-25-14/h3-6,13-14,18H,1-2,7-11H2,(H,21,22). The second-order valence-electron chi connectivity index (χ2n) is 6.59. The monoisotopic (exact) mass is 382 g/mol. The van der Waals surface area contributed by atoms with E-state index in [1.165, 1.54) is 29.2 Å². The lowest BCUT2D eigenvalue weighted by Gasteiger charge is -2.16. The second kappa shape index (κ2) is 7.73. The van der Waals surface area contributed by atoms with Crippen LogP contribution in [0.15, 0.2) is 29.2 Å². The highest BCUT2D eigenvalue weighted by Gasteiger charge is 2.31. The van der Waals surface area contributed by atoms with E-state index in [0.717, 1.165) is 12.8 Å². The van der Waals surface area contributed by atoms with Gasteiger partial charge in [-0.15, -0.1) is 0 Å². The summed E-state index contributed by atoms with van der Waals surface area (Å²) in [5.41, 5.74) is 0.342. The molecule has 26 heavy (non-hydrogen) atoms. The molecule has 2 atom stereocenters. The summed E-state index contributed by atoms with van der Waals surface area (Å²) in [6, 6.07) is 5.68. The molecular weight excluding hydrogens is 360 g/mol. The van der Waals surface area contributed by atoms with Crippen molar-refractivity contribution in [1.82, 2.24) is 9.62 Å². The van der Waals surface area contributed by atoms with Crippen LogP contribution in [0.5, 0.6) is 0 Å². The summed E-state index contributed by atoms with van der Waals surface area (Å²) in [5, 5.41) is 9.02. The number of aliphatic carboxylic acids is 1. The van der Waals surface area contributed by atoms with Crippen molar-refractivity contribution in [3.8, 4) is 0 Å². The van der Waals surface area contributed by atoms with Gasteiger partial charge in [-0.1, -0.05) is 0 Å². The molecule has 1 aromatic rings. The average molecular weight is 382 g/mol. The van der Waals surface area contributed by atoms with E-state index < -0.39 is 21.9 Å². The van der Waals surface area contributed by atoms with Crippen LogP contribution in [-0.4, -0.2) is 62.6 Å². The molecule has 0 spiro atoms. The van der Waals surface area contributed by atoms with Crippen molar-refractivity contribution in [2.75, 3.05) is 26.2 Å². The molecule has 2 N–H and O–H groups in total. The Morgan fingerprint density at radius 1 is 1.23 bits per heavy atom. The largest absolute Gasteiger partial charge is 0.481 e. The molecule has 2 unspecified atom stereocenters. The molecule has 0 bridgehead atoms. The first-order chi connectivity index (χ1) is 12.4. The Morgan fingerprint density at radius 3 is 2.54 bits per heavy atom. The third-order valence-corrected chi connectivity index (χ3v) is 6.20. The van der Waals surface area contributed by atoms with Gasteiger partial charge in [0.2, 0.25) is 10.0 Å². The SMILES string of the molecule is O=C(O)C1CCN(C(=O)c2ccc(S(=O)(=O)NCC3CCCO3)cc2)C1. The van der Waals surface area contributed by atoms with Gasteiger partial charge in [0.15, 0.2) is 0 Å². The molecule has 0 radical (unpaired) electrons. The highest BCUT2D eigenvalue weighted by Crippen LogP contribution is 2.20. The van der Waals surface area contributed by atoms with E-state index >= 15 is 0 Å². The highest BCUT2D eigenvalue weighted by atomic mass is 32.2. The maximum Gasteiger partial charge on any atom is 0.308 e. The Kier molecular flexibility index (Phi) is 5.59. The van der Waals surface area contributed by atoms with E-state index in [2.05, 4.69) is 4.72 Å². The fourth-order valence-electron chi connectivity index (χ4n) is 3.20. The van der Waals surface area contributed by atoms with Crippen LogP contribution in [0.3, 0.4) is 0 Å². The summed E-state index contributed by atoms with van der Waals surface area (Å²) >= 11 is 0. The lowest BCUT2D eigenvalue weighted by Crippen LogP contribution is -2.32. The van der Waals surface area contributed by atoms with Gasteiger partial charge in [0.25, 0.3) is 5.91 Å². The van der Waals surface area contributed by atoms with E-state index in [0.29, 0.717) is 25.1 Å². The maximum absolute atomic E-state index is 12.4. The third kappa shape index (κ3) is 4.22. The van der Waals surface area contributed by atoms with Crippen molar-refractivity contribution in [3.05, 3.63) is 29.8 Å². The molecule has 3 rings (SSSR count). The number of amides is 1. The number of carbonyl (C=O) groups is 2. The Hall–Kier alpha value is -1.97. The fourth-order valence-corrected chi connectivity index (χ4v) is 4.26. The zero-order chi connectivity index (χ0) is 18.7. The third-order valence-electron chi connectivity index (χ3n) is 4.76. The first-order valence-corrected chi connectivity index (χ1v) is 10.1. The molecule has 142 valence electrons. The molecule has 2 saturated heterocycles. The predicted octanol–water partition coefficient (Wildman–Crippen LogP) is 0.691. The first kappa shape index (κ1) is 18.8. The number of carbonyl (C=O) groups excluding carboxylic acids is 1. The van der Waals surface area contributed by atoms with E-state index in [9.17, 15) is 18.0 Å². The van der Waals surface area contributed by atoms with Gasteiger partial charge in [0, 0.05) is 31.8 Å². The van der Waals surface area contributed by atoms with Crippen molar-refractivity contribution in [2.45, 2.75) is 30.3 Å². The number of hydrogen-bond acceptors (Lipinski definition) is 5. The smallest absolute Gasteiger partial charge is 0.308 e. The van der Waals surface area contributed by atoms with Crippen LogP contribution in [0.4, 0.5) is 0 Å². The molecule has 2 heterocycles. The van der Waals surface area contributed by atoms with Crippen molar-refractivity contribution >= 4 is 21.9 Å². The van der Waals surface area contributed by atoms with Gasteiger partial charge < -0.3 is 14.7 Å². The van der Waals surface area contributed by atoms with Gasteiger partial charge in [0.05, 0.1) is 16.9 Å². The van der Waals surface area contributed by atoms with E-state index in [4.69, 9.17) is 9.84 Å². The Labute approximate surface area is 152 Å². The molecule has 2 aliphatic heterocycles. The zero-order valence-corrected chi connectivity index (χ0v) is 15.1. The van der Waals surface area contributed by atoms with Gasteiger partial charge in [-0.05, 0) is 43.5 Å². The molecule has 0 saturated carbocycles. The summed E-state index contributed by atoms with van der Waals surface area (Å²) in [6.45, 7) is 1.45. The lowest BCUT2D eigenvalue weighted by atomic mass is 10.1. The summed E-state index contributed by atoms with van der Waals surface area (Å²) in [4.78, 5) is 25.0. The topological polar surface area (TPSA) is 113 Å². The number of benzene rings is 1.